The fourth-order valence-electron chi connectivity index (χ4n) is 2.24. The number of aromatic nitrogens is 1. The number of ether oxygens (including phenoxy) is 1. The number of carbonyl (C=O) groups excluding carboxylic acids is 2. The predicted octanol–water partition coefficient (Wildman–Crippen LogP) is 2.81. The lowest BCUT2D eigenvalue weighted by atomic mass is 10.1. The van der Waals surface area contributed by atoms with Gasteiger partial charge in [-0.05, 0) is 30.2 Å². The fraction of sp³-hybridized carbons (Fsp3) is 0.167. The first-order chi connectivity index (χ1) is 11.7. The van der Waals surface area contributed by atoms with E-state index in [1.807, 2.05) is 30.3 Å². The average Bonchev–Trinajstić information content (AvgIpc) is 3.08. The molecule has 1 heterocycles. The average molecular weight is 340 g/mol. The van der Waals surface area contributed by atoms with Crippen molar-refractivity contribution in [1.29, 1.82) is 0 Å². The molecule has 0 aliphatic carbocycles. The molecule has 1 N–H and O–H groups in total. The molecular weight excluding hydrogens is 324 g/mol. The van der Waals surface area contributed by atoms with Gasteiger partial charge in [-0.25, -0.2) is 9.78 Å². The second-order valence-corrected chi connectivity index (χ2v) is 6.08. The Morgan fingerprint density at radius 1 is 1.12 bits per heavy atom. The quantitative estimate of drug-likeness (QED) is 0.701. The van der Waals surface area contributed by atoms with Gasteiger partial charge >= 0.3 is 5.97 Å². The molecule has 1 aromatic heterocycles. The summed E-state index contributed by atoms with van der Waals surface area (Å²) in [7, 11) is 0. The number of nitrogens with one attached hydrogen (secondary N) is 1. The molecular formula is C18H16N2O3S. The van der Waals surface area contributed by atoms with Crippen molar-refractivity contribution in [2.45, 2.75) is 6.42 Å². The highest BCUT2D eigenvalue weighted by Gasteiger charge is 2.11. The summed E-state index contributed by atoms with van der Waals surface area (Å²) in [4.78, 5) is 27.9. The third kappa shape index (κ3) is 4.17. The molecule has 0 radical (unpaired) electrons. The van der Waals surface area contributed by atoms with Gasteiger partial charge in [0.2, 0.25) is 0 Å². The third-order valence-corrected chi connectivity index (χ3v) is 4.27. The van der Waals surface area contributed by atoms with Gasteiger partial charge in [-0.1, -0.05) is 30.3 Å². The highest BCUT2D eigenvalue weighted by molar-refractivity contribution is 7.16. The van der Waals surface area contributed by atoms with Crippen molar-refractivity contribution in [1.82, 2.24) is 10.3 Å². The van der Waals surface area contributed by atoms with Crippen LogP contribution in [0.3, 0.4) is 0 Å². The number of hydrogen-bond acceptors (Lipinski definition) is 5. The molecule has 0 atom stereocenters. The van der Waals surface area contributed by atoms with E-state index >= 15 is 0 Å². The molecule has 0 saturated carbocycles. The van der Waals surface area contributed by atoms with Gasteiger partial charge in [0.15, 0.2) is 6.61 Å². The maximum absolute atomic E-state index is 12.0. The van der Waals surface area contributed by atoms with Crippen molar-refractivity contribution < 1.29 is 14.3 Å². The number of rotatable bonds is 6. The summed E-state index contributed by atoms with van der Waals surface area (Å²) in [5.74, 6) is -0.818. The van der Waals surface area contributed by atoms with Gasteiger partial charge < -0.3 is 10.1 Å². The number of esters is 1. The summed E-state index contributed by atoms with van der Waals surface area (Å²) in [5, 5.41) is 2.74. The summed E-state index contributed by atoms with van der Waals surface area (Å²) in [5.41, 5.74) is 4.13. The summed E-state index contributed by atoms with van der Waals surface area (Å²) in [6.07, 6.45) is 0.739. The molecule has 0 aliphatic heterocycles. The number of amides is 1. The molecule has 6 heteroatoms. The topological polar surface area (TPSA) is 68.3 Å². The Bertz CT molecular complexity index is 846. The zero-order valence-electron chi connectivity index (χ0n) is 12.9. The van der Waals surface area contributed by atoms with Crippen LogP contribution in [0.4, 0.5) is 0 Å². The highest BCUT2D eigenvalue weighted by atomic mass is 32.1. The van der Waals surface area contributed by atoms with Crippen LogP contribution in [0.1, 0.15) is 15.9 Å². The number of nitrogens with zero attached hydrogens (tertiary/aromatic N) is 1. The van der Waals surface area contributed by atoms with E-state index in [4.69, 9.17) is 4.74 Å². The molecule has 0 bridgehead atoms. The van der Waals surface area contributed by atoms with Crippen LogP contribution in [-0.4, -0.2) is 30.0 Å². The van der Waals surface area contributed by atoms with E-state index < -0.39 is 5.97 Å². The Hall–Kier alpha value is -2.73. The largest absolute Gasteiger partial charge is 0.452 e. The van der Waals surface area contributed by atoms with Gasteiger partial charge in [-0.15, -0.1) is 11.3 Å². The second-order valence-electron chi connectivity index (χ2n) is 5.20. The van der Waals surface area contributed by atoms with Gasteiger partial charge in [0.1, 0.15) is 0 Å². The molecule has 0 saturated heterocycles. The first-order valence-corrected chi connectivity index (χ1v) is 8.41. The standard InChI is InChI=1S/C18H16N2O3S/c21-17(19-9-8-13-4-2-1-3-5-13)11-23-18(22)14-6-7-15-16(10-14)24-12-20-15/h1-7,10,12H,8-9,11H2,(H,19,21). The monoisotopic (exact) mass is 340 g/mol. The lowest BCUT2D eigenvalue weighted by Gasteiger charge is -2.07. The SMILES string of the molecule is O=C(COC(=O)c1ccc2ncsc2c1)NCCc1ccccc1. The number of carbonyl (C=O) groups is 2. The summed E-state index contributed by atoms with van der Waals surface area (Å²) in [6.45, 7) is 0.224. The van der Waals surface area contributed by atoms with Crippen LogP contribution in [0.15, 0.2) is 54.0 Å². The molecule has 2 aromatic carbocycles. The summed E-state index contributed by atoms with van der Waals surface area (Å²) >= 11 is 1.45. The van der Waals surface area contributed by atoms with Crippen LogP contribution in [-0.2, 0) is 16.0 Å². The van der Waals surface area contributed by atoms with Gasteiger partial charge in [0, 0.05) is 6.54 Å². The van der Waals surface area contributed by atoms with Crippen LogP contribution in [0.5, 0.6) is 0 Å². The van der Waals surface area contributed by atoms with Crippen LogP contribution >= 0.6 is 11.3 Å². The maximum Gasteiger partial charge on any atom is 0.338 e. The maximum atomic E-state index is 12.0. The Kier molecular flexibility index (Phi) is 5.18. The van der Waals surface area contributed by atoms with E-state index in [-0.39, 0.29) is 12.5 Å². The molecule has 0 fully saturated rings. The minimum Gasteiger partial charge on any atom is -0.452 e. The molecule has 0 aliphatic rings. The normalized spacial score (nSPS) is 10.5. The Morgan fingerprint density at radius 3 is 2.79 bits per heavy atom. The molecule has 0 spiro atoms. The van der Waals surface area contributed by atoms with Crippen molar-refractivity contribution in [3.8, 4) is 0 Å². The van der Waals surface area contributed by atoms with Gasteiger partial charge in [-0.2, -0.15) is 0 Å². The van der Waals surface area contributed by atoms with Crippen LogP contribution in [0.2, 0.25) is 0 Å². The summed E-state index contributed by atoms with van der Waals surface area (Å²) < 4.78 is 5.97. The zero-order valence-corrected chi connectivity index (χ0v) is 13.7. The van der Waals surface area contributed by atoms with E-state index in [2.05, 4.69) is 10.3 Å². The van der Waals surface area contributed by atoms with Crippen molar-refractivity contribution >= 4 is 33.4 Å². The molecule has 3 aromatic rings. The number of fused-ring (bicyclic) bond motifs is 1. The fourth-order valence-corrected chi connectivity index (χ4v) is 2.95. The zero-order chi connectivity index (χ0) is 16.8. The van der Waals surface area contributed by atoms with Gasteiger partial charge in [0.05, 0.1) is 21.3 Å². The highest BCUT2D eigenvalue weighted by Crippen LogP contribution is 2.19. The molecule has 122 valence electrons. The third-order valence-electron chi connectivity index (χ3n) is 3.48. The van der Waals surface area contributed by atoms with Crippen LogP contribution < -0.4 is 5.32 Å². The molecule has 24 heavy (non-hydrogen) atoms. The van der Waals surface area contributed by atoms with Gasteiger partial charge in [-0.3, -0.25) is 4.79 Å². The van der Waals surface area contributed by atoms with Crippen LogP contribution in [0.25, 0.3) is 10.2 Å². The lowest BCUT2D eigenvalue weighted by Crippen LogP contribution is -2.30. The number of benzene rings is 2. The number of hydrogen-bond donors (Lipinski definition) is 1. The summed E-state index contributed by atoms with van der Waals surface area (Å²) in [6, 6.07) is 15.0. The predicted molar refractivity (Wildman–Crippen MR) is 93.1 cm³/mol. The first kappa shape index (κ1) is 16.1. The smallest absolute Gasteiger partial charge is 0.338 e. The number of thiazole rings is 1. The Labute approximate surface area is 143 Å². The van der Waals surface area contributed by atoms with E-state index in [0.717, 1.165) is 22.2 Å². The Morgan fingerprint density at radius 2 is 1.96 bits per heavy atom. The lowest BCUT2D eigenvalue weighted by molar-refractivity contribution is -0.124. The second kappa shape index (κ2) is 7.70. The minimum atomic E-state index is -0.511. The van der Waals surface area contributed by atoms with Crippen molar-refractivity contribution in [2.24, 2.45) is 0 Å². The van der Waals surface area contributed by atoms with E-state index in [0.29, 0.717) is 12.1 Å². The van der Waals surface area contributed by atoms with E-state index in [1.54, 1.807) is 23.7 Å². The van der Waals surface area contributed by atoms with Crippen molar-refractivity contribution in [3.63, 3.8) is 0 Å². The first-order valence-electron chi connectivity index (χ1n) is 7.53. The van der Waals surface area contributed by atoms with Crippen molar-refractivity contribution in [2.75, 3.05) is 13.2 Å². The minimum absolute atomic E-state index is 0.283. The molecule has 5 nitrogen and oxygen atoms in total. The molecule has 1 amide bonds. The molecule has 0 unspecified atom stereocenters. The van der Waals surface area contributed by atoms with Crippen molar-refractivity contribution in [3.05, 3.63) is 65.2 Å². The van der Waals surface area contributed by atoms with Gasteiger partial charge in [0.25, 0.3) is 5.91 Å². The van der Waals surface area contributed by atoms with E-state index in [9.17, 15) is 9.59 Å². The van der Waals surface area contributed by atoms with Crippen LogP contribution in [0, 0.1) is 0 Å². The van der Waals surface area contributed by atoms with E-state index in [1.165, 1.54) is 11.3 Å². The Balaban J connectivity index is 1.44. The molecule has 3 rings (SSSR count).